The van der Waals surface area contributed by atoms with Crippen molar-refractivity contribution in [3.8, 4) is 0 Å². The Morgan fingerprint density at radius 1 is 1.19 bits per heavy atom. The quantitative estimate of drug-likeness (QED) is 0.602. The zero-order valence-electron chi connectivity index (χ0n) is 15.2. The molecule has 2 aromatic rings. The Balaban J connectivity index is 2.02. The van der Waals surface area contributed by atoms with Crippen molar-refractivity contribution in [2.45, 2.75) is 29.7 Å². The predicted octanol–water partition coefficient (Wildman–Crippen LogP) is 4.47. The Bertz CT molecular complexity index is 896. The second-order valence-electron chi connectivity index (χ2n) is 6.22. The Morgan fingerprint density at radius 3 is 2.35 bits per heavy atom. The molecule has 0 N–H and O–H groups in total. The minimum atomic E-state index is -3.22. The second-order valence-corrected chi connectivity index (χ2v) is 10.2. The normalized spacial score (nSPS) is 12.7. The number of hydrogen-bond acceptors (Lipinski definition) is 4. The summed E-state index contributed by atoms with van der Waals surface area (Å²) in [7, 11) is -1.45. The van der Waals surface area contributed by atoms with Crippen molar-refractivity contribution in [3.05, 3.63) is 58.1 Å². The summed E-state index contributed by atoms with van der Waals surface area (Å²) < 4.78 is 24.1. The van der Waals surface area contributed by atoms with E-state index in [1.165, 1.54) is 18.0 Å². The number of amides is 1. The van der Waals surface area contributed by atoms with Gasteiger partial charge in [-0.25, -0.2) is 8.42 Å². The van der Waals surface area contributed by atoms with Crippen LogP contribution in [0.1, 0.15) is 24.1 Å². The highest BCUT2D eigenvalue weighted by Crippen LogP contribution is 2.27. The molecule has 4 nitrogen and oxygen atoms in total. The predicted molar refractivity (Wildman–Crippen MR) is 110 cm³/mol. The number of hydrogen-bond donors (Lipinski definition) is 0. The lowest BCUT2D eigenvalue weighted by molar-refractivity contribution is -0.128. The van der Waals surface area contributed by atoms with Crippen LogP contribution in [0, 0.1) is 6.92 Å². The van der Waals surface area contributed by atoms with Crippen LogP contribution in [0.5, 0.6) is 0 Å². The second kappa shape index (κ2) is 8.59. The first-order valence-electron chi connectivity index (χ1n) is 8.04. The van der Waals surface area contributed by atoms with Crippen LogP contribution in [0.15, 0.2) is 56.7 Å². The molecule has 1 amide bonds. The molecule has 0 saturated heterocycles. The smallest absolute Gasteiger partial charge is 0.233 e. The van der Waals surface area contributed by atoms with Gasteiger partial charge in [0.05, 0.1) is 16.7 Å². The molecule has 0 heterocycles. The third-order valence-corrected chi connectivity index (χ3v) is 7.04. The number of nitrogens with zero attached hydrogens (tertiary/aromatic N) is 1. The maximum absolute atomic E-state index is 12.5. The molecule has 0 radical (unpaired) electrons. The van der Waals surface area contributed by atoms with Crippen molar-refractivity contribution in [2.75, 3.05) is 19.1 Å². The van der Waals surface area contributed by atoms with Gasteiger partial charge >= 0.3 is 0 Å². The lowest BCUT2D eigenvalue weighted by Gasteiger charge is -2.25. The third-order valence-electron chi connectivity index (χ3n) is 4.25. The average Bonchev–Trinajstić information content (AvgIpc) is 2.58. The van der Waals surface area contributed by atoms with Gasteiger partial charge in [0.15, 0.2) is 9.84 Å². The van der Waals surface area contributed by atoms with Gasteiger partial charge in [0.1, 0.15) is 0 Å². The molecule has 0 spiro atoms. The van der Waals surface area contributed by atoms with Crippen molar-refractivity contribution in [1.82, 2.24) is 4.90 Å². The highest BCUT2D eigenvalue weighted by Gasteiger charge is 2.18. The van der Waals surface area contributed by atoms with E-state index in [1.54, 1.807) is 36.2 Å². The molecule has 0 fully saturated rings. The number of benzene rings is 2. The van der Waals surface area contributed by atoms with Gasteiger partial charge in [0.25, 0.3) is 0 Å². The summed E-state index contributed by atoms with van der Waals surface area (Å²) in [6.45, 7) is 3.95. The van der Waals surface area contributed by atoms with Gasteiger partial charge in [0.2, 0.25) is 5.91 Å². The van der Waals surface area contributed by atoms with E-state index in [-0.39, 0.29) is 16.8 Å². The van der Waals surface area contributed by atoms with E-state index >= 15 is 0 Å². The SMILES string of the molecule is Cc1cc(Br)ccc1SCC(=O)N(C)C(C)c1ccc(S(C)(=O)=O)cc1. The van der Waals surface area contributed by atoms with Crippen LogP contribution in [-0.2, 0) is 14.6 Å². The minimum Gasteiger partial charge on any atom is -0.338 e. The number of halogens is 1. The number of thioether (sulfide) groups is 1. The Morgan fingerprint density at radius 2 is 1.81 bits per heavy atom. The lowest BCUT2D eigenvalue weighted by atomic mass is 10.1. The number of sulfone groups is 1. The van der Waals surface area contributed by atoms with Crippen LogP contribution in [0.4, 0.5) is 0 Å². The summed E-state index contributed by atoms with van der Waals surface area (Å²) >= 11 is 4.96. The van der Waals surface area contributed by atoms with Crippen LogP contribution >= 0.6 is 27.7 Å². The zero-order valence-corrected chi connectivity index (χ0v) is 18.4. The number of aryl methyl sites for hydroxylation is 1. The van der Waals surface area contributed by atoms with Crippen LogP contribution in [0.2, 0.25) is 0 Å². The first kappa shape index (κ1) is 21.0. The molecule has 0 saturated carbocycles. The van der Waals surface area contributed by atoms with Crippen molar-refractivity contribution in [1.29, 1.82) is 0 Å². The molecule has 140 valence electrons. The summed E-state index contributed by atoms with van der Waals surface area (Å²) in [6, 6.07) is 12.6. The number of carbonyl (C=O) groups excluding carboxylic acids is 1. The van der Waals surface area contributed by atoms with Crippen molar-refractivity contribution < 1.29 is 13.2 Å². The summed E-state index contributed by atoms with van der Waals surface area (Å²) in [5, 5.41) is 0. The highest BCUT2D eigenvalue weighted by atomic mass is 79.9. The van der Waals surface area contributed by atoms with Crippen LogP contribution in [0.3, 0.4) is 0 Å². The van der Waals surface area contributed by atoms with E-state index < -0.39 is 9.84 Å². The van der Waals surface area contributed by atoms with E-state index in [4.69, 9.17) is 0 Å². The molecule has 2 aromatic carbocycles. The molecule has 0 aliphatic heterocycles. The maximum atomic E-state index is 12.5. The standard InChI is InChI=1S/C19H22BrNO3S2/c1-13-11-16(20)7-10-18(13)25-12-19(22)21(3)14(2)15-5-8-17(9-6-15)26(4,23)24/h5-11,14H,12H2,1-4H3. The van der Waals surface area contributed by atoms with Crippen molar-refractivity contribution in [3.63, 3.8) is 0 Å². The molecule has 1 atom stereocenters. The molecule has 2 rings (SSSR count). The van der Waals surface area contributed by atoms with E-state index in [9.17, 15) is 13.2 Å². The van der Waals surface area contributed by atoms with Gasteiger partial charge in [-0.05, 0) is 55.3 Å². The summed E-state index contributed by atoms with van der Waals surface area (Å²) in [5.41, 5.74) is 2.03. The van der Waals surface area contributed by atoms with Crippen LogP contribution < -0.4 is 0 Å². The van der Waals surface area contributed by atoms with Gasteiger partial charge in [-0.2, -0.15) is 0 Å². The average molecular weight is 456 g/mol. The van der Waals surface area contributed by atoms with E-state index in [2.05, 4.69) is 15.9 Å². The Kier molecular flexibility index (Phi) is 6.93. The number of rotatable bonds is 6. The van der Waals surface area contributed by atoms with E-state index in [0.29, 0.717) is 5.75 Å². The lowest BCUT2D eigenvalue weighted by Crippen LogP contribution is -2.31. The molecule has 26 heavy (non-hydrogen) atoms. The topological polar surface area (TPSA) is 54.5 Å². The van der Waals surface area contributed by atoms with Crippen LogP contribution in [-0.4, -0.2) is 38.3 Å². The summed E-state index contributed by atoms with van der Waals surface area (Å²) in [6.07, 6.45) is 1.18. The summed E-state index contributed by atoms with van der Waals surface area (Å²) in [4.78, 5) is 15.6. The zero-order chi connectivity index (χ0) is 19.5. The molecular formula is C19H22BrNO3S2. The van der Waals surface area contributed by atoms with Gasteiger partial charge in [-0.15, -0.1) is 11.8 Å². The first-order chi connectivity index (χ1) is 12.1. The molecule has 0 aromatic heterocycles. The highest BCUT2D eigenvalue weighted by molar-refractivity contribution is 9.10. The van der Waals surface area contributed by atoms with Gasteiger partial charge < -0.3 is 4.90 Å². The van der Waals surface area contributed by atoms with Crippen molar-refractivity contribution in [2.24, 2.45) is 0 Å². The minimum absolute atomic E-state index is 0.0250. The fraction of sp³-hybridized carbons (Fsp3) is 0.316. The monoisotopic (exact) mass is 455 g/mol. The van der Waals surface area contributed by atoms with E-state index in [0.717, 1.165) is 20.5 Å². The fourth-order valence-electron chi connectivity index (χ4n) is 2.45. The molecule has 1 unspecified atom stereocenters. The fourth-order valence-corrected chi connectivity index (χ4v) is 4.49. The van der Waals surface area contributed by atoms with Gasteiger partial charge in [0, 0.05) is 22.7 Å². The van der Waals surface area contributed by atoms with Gasteiger partial charge in [-0.3, -0.25) is 4.79 Å². The molecule has 0 bridgehead atoms. The summed E-state index contributed by atoms with van der Waals surface area (Å²) in [5.74, 6) is 0.377. The molecular weight excluding hydrogens is 434 g/mol. The third kappa shape index (κ3) is 5.34. The van der Waals surface area contributed by atoms with E-state index in [1.807, 2.05) is 32.0 Å². The Hall–Kier alpha value is -1.31. The maximum Gasteiger partial charge on any atom is 0.233 e. The Labute approximate surface area is 168 Å². The largest absolute Gasteiger partial charge is 0.338 e. The van der Waals surface area contributed by atoms with Gasteiger partial charge in [-0.1, -0.05) is 28.1 Å². The number of carbonyl (C=O) groups is 1. The van der Waals surface area contributed by atoms with Crippen molar-refractivity contribution >= 4 is 43.4 Å². The molecule has 7 heteroatoms. The molecule has 0 aliphatic carbocycles. The first-order valence-corrected chi connectivity index (χ1v) is 11.7. The molecule has 0 aliphatic rings. The van der Waals surface area contributed by atoms with Crippen LogP contribution in [0.25, 0.3) is 0 Å².